The van der Waals surface area contributed by atoms with Gasteiger partial charge in [0.05, 0.1) is 5.56 Å². The van der Waals surface area contributed by atoms with E-state index in [2.05, 4.69) is 15.3 Å². The van der Waals surface area contributed by atoms with E-state index in [1.54, 1.807) is 12.4 Å². The molecule has 0 bridgehead atoms. The fourth-order valence-corrected chi connectivity index (χ4v) is 1.55. The molecule has 16 heavy (non-hydrogen) atoms. The summed E-state index contributed by atoms with van der Waals surface area (Å²) in [6.45, 7) is 5.87. The number of carbonyl (C=O) groups is 1. The van der Waals surface area contributed by atoms with Crippen molar-refractivity contribution in [3.63, 3.8) is 0 Å². The maximum Gasteiger partial charge on any atom is 0.253 e. The molecule has 0 radical (unpaired) electrons. The number of H-pyrrole nitrogens is 1. The van der Waals surface area contributed by atoms with Crippen molar-refractivity contribution in [3.8, 4) is 0 Å². The fourth-order valence-electron chi connectivity index (χ4n) is 1.55. The molecule has 0 spiro atoms. The molecule has 1 amide bonds. The van der Waals surface area contributed by atoms with Crippen LogP contribution in [0.15, 0.2) is 24.5 Å². The number of rotatable bonds is 1. The molecule has 0 fully saturated rings. The van der Waals surface area contributed by atoms with Gasteiger partial charge in [-0.15, -0.1) is 0 Å². The molecule has 2 aromatic rings. The van der Waals surface area contributed by atoms with Crippen LogP contribution in [0.1, 0.15) is 31.1 Å². The topological polar surface area (TPSA) is 57.8 Å². The number of amides is 1. The normalized spacial score (nSPS) is 11.7. The molecule has 0 aliphatic carbocycles. The van der Waals surface area contributed by atoms with Gasteiger partial charge in [-0.05, 0) is 32.9 Å². The SMILES string of the molecule is CC(C)(C)NC(=O)c1c[nH]c2ncccc12. The number of hydrogen-bond donors (Lipinski definition) is 2. The number of nitrogens with zero attached hydrogens (tertiary/aromatic N) is 1. The van der Waals surface area contributed by atoms with Crippen LogP contribution in [0.4, 0.5) is 0 Å². The summed E-state index contributed by atoms with van der Waals surface area (Å²) in [5, 5.41) is 3.78. The lowest BCUT2D eigenvalue weighted by molar-refractivity contribution is 0.0921. The molecule has 2 rings (SSSR count). The monoisotopic (exact) mass is 217 g/mol. The van der Waals surface area contributed by atoms with Gasteiger partial charge in [0.15, 0.2) is 0 Å². The second-order valence-electron chi connectivity index (χ2n) is 4.81. The Bertz CT molecular complexity index is 522. The molecule has 0 unspecified atom stereocenters. The Kier molecular flexibility index (Phi) is 2.42. The minimum absolute atomic E-state index is 0.0771. The number of pyridine rings is 1. The minimum Gasteiger partial charge on any atom is -0.347 e. The van der Waals surface area contributed by atoms with Crippen molar-refractivity contribution in [3.05, 3.63) is 30.1 Å². The lowest BCUT2D eigenvalue weighted by atomic mass is 10.1. The van der Waals surface area contributed by atoms with Gasteiger partial charge in [-0.25, -0.2) is 4.98 Å². The van der Waals surface area contributed by atoms with Crippen molar-refractivity contribution >= 4 is 16.9 Å². The molecule has 4 heteroatoms. The van der Waals surface area contributed by atoms with Gasteiger partial charge < -0.3 is 10.3 Å². The van der Waals surface area contributed by atoms with E-state index in [1.165, 1.54) is 0 Å². The van der Waals surface area contributed by atoms with Gasteiger partial charge >= 0.3 is 0 Å². The molecule has 0 aliphatic heterocycles. The molecular formula is C12H15N3O. The van der Waals surface area contributed by atoms with E-state index in [4.69, 9.17) is 0 Å². The zero-order valence-electron chi connectivity index (χ0n) is 9.66. The minimum atomic E-state index is -0.233. The first-order chi connectivity index (χ1) is 7.47. The summed E-state index contributed by atoms with van der Waals surface area (Å²) in [6.07, 6.45) is 3.39. The number of fused-ring (bicyclic) bond motifs is 1. The van der Waals surface area contributed by atoms with Gasteiger partial charge in [0.2, 0.25) is 0 Å². The quantitative estimate of drug-likeness (QED) is 0.768. The van der Waals surface area contributed by atoms with Gasteiger partial charge in [-0.2, -0.15) is 0 Å². The summed E-state index contributed by atoms with van der Waals surface area (Å²) in [5.74, 6) is -0.0771. The molecule has 0 aromatic carbocycles. The standard InChI is InChI=1S/C12H15N3O/c1-12(2,3)15-11(16)9-7-14-10-8(9)5-4-6-13-10/h4-7H,1-3H3,(H,13,14)(H,15,16). The predicted octanol–water partition coefficient (Wildman–Crippen LogP) is 2.09. The lowest BCUT2D eigenvalue weighted by Gasteiger charge is -2.20. The van der Waals surface area contributed by atoms with Crippen molar-refractivity contribution in [2.75, 3.05) is 0 Å². The summed E-state index contributed by atoms with van der Waals surface area (Å²) in [4.78, 5) is 19.1. The van der Waals surface area contributed by atoms with Gasteiger partial charge in [0.1, 0.15) is 5.65 Å². The van der Waals surface area contributed by atoms with Crippen molar-refractivity contribution in [1.29, 1.82) is 0 Å². The van der Waals surface area contributed by atoms with E-state index in [0.717, 1.165) is 11.0 Å². The first-order valence-corrected chi connectivity index (χ1v) is 5.22. The highest BCUT2D eigenvalue weighted by molar-refractivity contribution is 6.06. The van der Waals surface area contributed by atoms with Crippen molar-refractivity contribution in [2.45, 2.75) is 26.3 Å². The fraction of sp³-hybridized carbons (Fsp3) is 0.333. The Morgan fingerprint density at radius 1 is 1.44 bits per heavy atom. The zero-order chi connectivity index (χ0) is 11.8. The number of aromatic amines is 1. The molecule has 2 N–H and O–H groups in total. The van der Waals surface area contributed by atoms with Crippen molar-refractivity contribution < 1.29 is 4.79 Å². The second kappa shape index (κ2) is 3.63. The Labute approximate surface area is 94.1 Å². The van der Waals surface area contributed by atoms with Crippen LogP contribution in [0.25, 0.3) is 11.0 Å². The Hall–Kier alpha value is -1.84. The molecule has 4 nitrogen and oxygen atoms in total. The molecule has 0 saturated carbocycles. The highest BCUT2D eigenvalue weighted by Gasteiger charge is 2.18. The average molecular weight is 217 g/mol. The summed E-state index contributed by atoms with van der Waals surface area (Å²) in [7, 11) is 0. The van der Waals surface area contributed by atoms with Crippen LogP contribution in [0, 0.1) is 0 Å². The molecule has 84 valence electrons. The molecule has 2 heterocycles. The van der Waals surface area contributed by atoms with Crippen molar-refractivity contribution in [1.82, 2.24) is 15.3 Å². The highest BCUT2D eigenvalue weighted by atomic mass is 16.1. The third-order valence-corrected chi connectivity index (χ3v) is 2.18. The maximum atomic E-state index is 12.0. The lowest BCUT2D eigenvalue weighted by Crippen LogP contribution is -2.40. The summed E-state index contributed by atoms with van der Waals surface area (Å²) < 4.78 is 0. The summed E-state index contributed by atoms with van der Waals surface area (Å²) >= 11 is 0. The molecular weight excluding hydrogens is 202 g/mol. The number of hydrogen-bond acceptors (Lipinski definition) is 2. The maximum absolute atomic E-state index is 12.0. The van der Waals surface area contributed by atoms with Crippen LogP contribution in [0.5, 0.6) is 0 Å². The zero-order valence-corrected chi connectivity index (χ0v) is 9.66. The van der Waals surface area contributed by atoms with Crippen LogP contribution in [0.2, 0.25) is 0 Å². The van der Waals surface area contributed by atoms with E-state index >= 15 is 0 Å². The first kappa shape index (κ1) is 10.7. The van der Waals surface area contributed by atoms with Crippen LogP contribution < -0.4 is 5.32 Å². The molecule has 0 saturated heterocycles. The van der Waals surface area contributed by atoms with Crippen LogP contribution in [-0.4, -0.2) is 21.4 Å². The smallest absolute Gasteiger partial charge is 0.253 e. The molecule has 0 atom stereocenters. The van der Waals surface area contributed by atoms with E-state index < -0.39 is 0 Å². The van der Waals surface area contributed by atoms with E-state index in [1.807, 2.05) is 32.9 Å². The Balaban J connectivity index is 2.37. The third kappa shape index (κ3) is 2.05. The Morgan fingerprint density at radius 3 is 2.88 bits per heavy atom. The van der Waals surface area contributed by atoms with Crippen LogP contribution in [-0.2, 0) is 0 Å². The van der Waals surface area contributed by atoms with Gasteiger partial charge in [0.25, 0.3) is 5.91 Å². The van der Waals surface area contributed by atoms with Crippen molar-refractivity contribution in [2.24, 2.45) is 0 Å². The van der Waals surface area contributed by atoms with E-state index in [-0.39, 0.29) is 11.4 Å². The number of nitrogens with one attached hydrogen (secondary N) is 2. The largest absolute Gasteiger partial charge is 0.347 e. The molecule has 2 aromatic heterocycles. The molecule has 0 aliphatic rings. The average Bonchev–Trinajstić information content (AvgIpc) is 2.58. The van der Waals surface area contributed by atoms with Crippen LogP contribution in [0.3, 0.4) is 0 Å². The van der Waals surface area contributed by atoms with Gasteiger partial charge in [0, 0.05) is 23.3 Å². The third-order valence-electron chi connectivity index (χ3n) is 2.18. The predicted molar refractivity (Wildman–Crippen MR) is 63.3 cm³/mol. The van der Waals surface area contributed by atoms with Gasteiger partial charge in [-0.3, -0.25) is 4.79 Å². The second-order valence-corrected chi connectivity index (χ2v) is 4.81. The van der Waals surface area contributed by atoms with E-state index in [0.29, 0.717) is 5.56 Å². The van der Waals surface area contributed by atoms with Gasteiger partial charge in [-0.1, -0.05) is 0 Å². The summed E-state index contributed by atoms with van der Waals surface area (Å²) in [6, 6.07) is 3.71. The van der Waals surface area contributed by atoms with Crippen LogP contribution >= 0.6 is 0 Å². The highest BCUT2D eigenvalue weighted by Crippen LogP contribution is 2.16. The first-order valence-electron chi connectivity index (χ1n) is 5.22. The number of carbonyl (C=O) groups excluding carboxylic acids is 1. The van der Waals surface area contributed by atoms with E-state index in [9.17, 15) is 4.79 Å². The number of aromatic nitrogens is 2. The summed E-state index contributed by atoms with van der Waals surface area (Å²) in [5.41, 5.74) is 1.14. The Morgan fingerprint density at radius 2 is 2.19 bits per heavy atom.